The van der Waals surface area contributed by atoms with Crippen molar-refractivity contribution in [3.05, 3.63) is 77.0 Å². The summed E-state index contributed by atoms with van der Waals surface area (Å²) >= 11 is 0. The van der Waals surface area contributed by atoms with E-state index in [1.54, 1.807) is 49.4 Å². The zero-order chi connectivity index (χ0) is 25.7. The van der Waals surface area contributed by atoms with E-state index in [9.17, 15) is 0 Å². The standard InChI is InChI=1S/C25H29N/c1-17-7-12-24(26-16-17)23-14-22(18(2)13-19(23)3)21-10-8-20(9-11-21)15-25(4,5)6/h7-14,16H,15H2,1-6H3/i1D3,2D3,15D2. The van der Waals surface area contributed by atoms with Gasteiger partial charge >= 0.3 is 0 Å². The second kappa shape index (κ2) is 7.07. The van der Waals surface area contributed by atoms with Gasteiger partial charge in [-0.25, -0.2) is 0 Å². The Bertz CT molecular complexity index is 1170. The minimum absolute atomic E-state index is 0.136. The van der Waals surface area contributed by atoms with Gasteiger partial charge < -0.3 is 0 Å². The summed E-state index contributed by atoms with van der Waals surface area (Å²) < 4.78 is 63.8. The zero-order valence-corrected chi connectivity index (χ0v) is 15.6. The number of aromatic nitrogens is 1. The van der Waals surface area contributed by atoms with Gasteiger partial charge in [0.25, 0.3) is 0 Å². The van der Waals surface area contributed by atoms with Gasteiger partial charge in [0.15, 0.2) is 0 Å². The Balaban J connectivity index is 2.15. The maximum atomic E-state index is 8.50. The third-order valence-electron chi connectivity index (χ3n) is 4.12. The lowest BCUT2D eigenvalue weighted by molar-refractivity contribution is 0.411. The van der Waals surface area contributed by atoms with Gasteiger partial charge in [-0.1, -0.05) is 57.2 Å². The summed E-state index contributed by atoms with van der Waals surface area (Å²) in [6.07, 6.45) is -0.242. The van der Waals surface area contributed by atoms with Crippen molar-refractivity contribution < 1.29 is 11.0 Å². The first-order valence-corrected chi connectivity index (χ1v) is 8.66. The van der Waals surface area contributed by atoms with Gasteiger partial charge in [0.1, 0.15) is 0 Å². The molecule has 0 atom stereocenters. The van der Waals surface area contributed by atoms with Crippen LogP contribution in [0.5, 0.6) is 0 Å². The molecule has 0 amide bonds. The Morgan fingerprint density at radius 1 is 0.923 bits per heavy atom. The fourth-order valence-corrected chi connectivity index (χ4v) is 2.94. The summed E-state index contributed by atoms with van der Waals surface area (Å²) in [6.45, 7) is 2.71. The first kappa shape index (κ1) is 10.7. The molecular formula is C25H29N. The van der Waals surface area contributed by atoms with E-state index < -0.39 is 25.5 Å². The highest BCUT2D eigenvalue weighted by Crippen LogP contribution is 2.32. The molecule has 3 rings (SSSR count). The maximum Gasteiger partial charge on any atom is 0.0705 e. The molecule has 3 aromatic rings. The number of aryl methyl sites for hydroxylation is 3. The lowest BCUT2D eigenvalue weighted by Crippen LogP contribution is -2.08. The summed E-state index contributed by atoms with van der Waals surface area (Å²) in [4.78, 5) is 4.33. The van der Waals surface area contributed by atoms with E-state index in [1.807, 2.05) is 20.8 Å². The van der Waals surface area contributed by atoms with Crippen molar-refractivity contribution in [2.24, 2.45) is 5.41 Å². The van der Waals surface area contributed by atoms with E-state index in [-0.39, 0.29) is 11.1 Å². The molecule has 0 spiro atoms. The van der Waals surface area contributed by atoms with Gasteiger partial charge in [-0.3, -0.25) is 4.98 Å². The Morgan fingerprint density at radius 2 is 1.69 bits per heavy atom. The van der Waals surface area contributed by atoms with Crippen LogP contribution in [0.3, 0.4) is 0 Å². The first-order chi connectivity index (χ1) is 15.4. The van der Waals surface area contributed by atoms with Crippen LogP contribution in [-0.2, 0) is 6.37 Å². The molecule has 0 N–H and O–H groups in total. The molecule has 0 fully saturated rings. The molecule has 1 heteroatoms. The van der Waals surface area contributed by atoms with Crippen molar-refractivity contribution in [1.29, 1.82) is 0 Å². The molecule has 0 bridgehead atoms. The van der Waals surface area contributed by atoms with Gasteiger partial charge in [-0.2, -0.15) is 0 Å². The SMILES string of the molecule is [2H]C([2H])([2H])c1ccc(-c2cc(-c3ccc(C([2H])([2H])C(C)(C)C)cc3)c(C([2H])([2H])[2H])cc2C)nc1. The Morgan fingerprint density at radius 3 is 2.27 bits per heavy atom. The summed E-state index contributed by atoms with van der Waals surface area (Å²) in [7, 11) is 0. The molecule has 0 saturated heterocycles. The second-order valence-corrected chi connectivity index (χ2v) is 7.60. The van der Waals surface area contributed by atoms with Crippen molar-refractivity contribution >= 4 is 0 Å². The smallest absolute Gasteiger partial charge is 0.0705 e. The summed E-state index contributed by atoms with van der Waals surface area (Å²) in [5, 5.41) is 0. The molecule has 2 aromatic carbocycles. The summed E-state index contributed by atoms with van der Waals surface area (Å²) in [6, 6.07) is 13.4. The average Bonchev–Trinajstić information content (AvgIpc) is 2.71. The third-order valence-corrected chi connectivity index (χ3v) is 4.12. The van der Waals surface area contributed by atoms with Crippen molar-refractivity contribution in [3.8, 4) is 22.4 Å². The molecule has 0 saturated carbocycles. The highest BCUT2D eigenvalue weighted by atomic mass is 14.7. The number of hydrogen-bond donors (Lipinski definition) is 0. The Hall–Kier alpha value is -2.41. The van der Waals surface area contributed by atoms with E-state index in [0.717, 1.165) is 0 Å². The van der Waals surface area contributed by atoms with Crippen LogP contribution in [0.2, 0.25) is 0 Å². The van der Waals surface area contributed by atoms with Gasteiger partial charge in [0.2, 0.25) is 0 Å². The molecule has 0 radical (unpaired) electrons. The second-order valence-electron chi connectivity index (χ2n) is 7.60. The van der Waals surface area contributed by atoms with Crippen LogP contribution in [0.1, 0.15) is 54.0 Å². The fraction of sp³-hybridized carbons (Fsp3) is 0.320. The number of hydrogen-bond acceptors (Lipinski definition) is 1. The average molecular weight is 352 g/mol. The largest absolute Gasteiger partial charge is 0.256 e. The van der Waals surface area contributed by atoms with E-state index in [2.05, 4.69) is 4.98 Å². The summed E-state index contributed by atoms with van der Waals surface area (Å²) in [5.74, 6) is 0. The van der Waals surface area contributed by atoms with Crippen LogP contribution in [0.25, 0.3) is 22.4 Å². The van der Waals surface area contributed by atoms with Gasteiger partial charge in [0.05, 0.1) is 5.69 Å². The number of nitrogens with zero attached hydrogens (tertiary/aromatic N) is 1. The molecule has 1 heterocycles. The predicted molar refractivity (Wildman–Crippen MR) is 112 cm³/mol. The van der Waals surface area contributed by atoms with Crippen LogP contribution in [0.15, 0.2) is 54.7 Å². The molecule has 1 nitrogen and oxygen atoms in total. The van der Waals surface area contributed by atoms with Crippen LogP contribution in [0, 0.1) is 26.0 Å². The molecule has 134 valence electrons. The highest BCUT2D eigenvalue weighted by molar-refractivity contribution is 5.76. The predicted octanol–water partition coefficient (Wildman–Crippen LogP) is 6.93. The lowest BCUT2D eigenvalue weighted by atomic mass is 9.87. The van der Waals surface area contributed by atoms with Crippen molar-refractivity contribution in [2.75, 3.05) is 0 Å². The Kier molecular flexibility index (Phi) is 2.90. The van der Waals surface area contributed by atoms with Crippen LogP contribution < -0.4 is 0 Å². The lowest BCUT2D eigenvalue weighted by Gasteiger charge is -2.18. The van der Waals surface area contributed by atoms with E-state index in [1.165, 1.54) is 12.3 Å². The number of pyridine rings is 1. The molecular weight excluding hydrogens is 314 g/mol. The van der Waals surface area contributed by atoms with Gasteiger partial charge in [-0.05, 0) is 77.9 Å². The topological polar surface area (TPSA) is 12.9 Å². The highest BCUT2D eigenvalue weighted by Gasteiger charge is 2.12. The zero-order valence-electron chi connectivity index (χ0n) is 23.6. The quantitative estimate of drug-likeness (QED) is 0.498. The Labute approximate surface area is 169 Å². The van der Waals surface area contributed by atoms with Gasteiger partial charge in [-0.15, -0.1) is 0 Å². The number of rotatable bonds is 3. The van der Waals surface area contributed by atoms with E-state index in [0.29, 0.717) is 33.5 Å². The van der Waals surface area contributed by atoms with Crippen LogP contribution in [0.4, 0.5) is 0 Å². The fourth-order valence-electron chi connectivity index (χ4n) is 2.94. The molecule has 0 aliphatic carbocycles. The summed E-state index contributed by atoms with van der Waals surface area (Å²) in [5.41, 5.74) is 3.36. The van der Waals surface area contributed by atoms with E-state index in [4.69, 9.17) is 11.0 Å². The first-order valence-electron chi connectivity index (χ1n) is 12.7. The van der Waals surface area contributed by atoms with Crippen LogP contribution >= 0.6 is 0 Å². The van der Waals surface area contributed by atoms with Gasteiger partial charge in [0, 0.05) is 22.7 Å². The minimum atomic E-state index is -2.35. The van der Waals surface area contributed by atoms with Crippen molar-refractivity contribution in [3.63, 3.8) is 0 Å². The van der Waals surface area contributed by atoms with Crippen molar-refractivity contribution in [1.82, 2.24) is 4.98 Å². The van der Waals surface area contributed by atoms with Crippen LogP contribution in [-0.4, -0.2) is 4.98 Å². The molecule has 0 aliphatic rings. The maximum absolute atomic E-state index is 8.50. The molecule has 26 heavy (non-hydrogen) atoms. The molecule has 1 aromatic heterocycles. The van der Waals surface area contributed by atoms with Crippen molar-refractivity contribution in [2.45, 2.75) is 47.8 Å². The molecule has 0 unspecified atom stereocenters. The third kappa shape index (κ3) is 4.22. The normalized spacial score (nSPS) is 17.7. The number of benzene rings is 2. The minimum Gasteiger partial charge on any atom is -0.256 e. The van der Waals surface area contributed by atoms with E-state index >= 15 is 0 Å². The monoisotopic (exact) mass is 351 g/mol. The molecule has 0 aliphatic heterocycles.